The molecule has 0 heterocycles. The summed E-state index contributed by atoms with van der Waals surface area (Å²) >= 11 is 0. The van der Waals surface area contributed by atoms with Gasteiger partial charge in [-0.15, -0.1) is 0 Å². The van der Waals surface area contributed by atoms with Crippen molar-refractivity contribution >= 4 is 11.5 Å². The molecule has 0 unspecified atom stereocenters. The molecule has 0 N–H and O–H groups in total. The van der Waals surface area contributed by atoms with Gasteiger partial charge in [-0.1, -0.05) is 6.07 Å². The van der Waals surface area contributed by atoms with Crippen molar-refractivity contribution in [3.05, 3.63) is 33.9 Å². The minimum atomic E-state index is -0.433. The highest BCUT2D eigenvalue weighted by Gasteiger charge is 2.13. The van der Waals surface area contributed by atoms with Crippen molar-refractivity contribution in [3.63, 3.8) is 0 Å². The molecule has 0 atom stereocenters. The molecule has 0 spiro atoms. The number of carbonyl (C=O) groups is 1. The number of rotatable bonds is 6. The van der Waals surface area contributed by atoms with Gasteiger partial charge in [0.05, 0.1) is 17.1 Å². The van der Waals surface area contributed by atoms with E-state index in [1.807, 2.05) is 0 Å². The van der Waals surface area contributed by atoms with Gasteiger partial charge in [-0.05, 0) is 26.3 Å². The molecule has 1 aromatic rings. The molecule has 0 fully saturated rings. The van der Waals surface area contributed by atoms with Crippen LogP contribution in [0.2, 0.25) is 0 Å². The average molecular weight is 237 g/mol. The van der Waals surface area contributed by atoms with Gasteiger partial charge in [0.1, 0.15) is 11.5 Å². The summed E-state index contributed by atoms with van der Waals surface area (Å²) in [6.45, 7) is 3.57. The number of nitro groups is 1. The first-order valence-electron chi connectivity index (χ1n) is 5.38. The molecule has 1 aromatic carbocycles. The average Bonchev–Trinajstić information content (AvgIpc) is 2.25. The third kappa shape index (κ3) is 3.86. The van der Waals surface area contributed by atoms with E-state index >= 15 is 0 Å². The van der Waals surface area contributed by atoms with E-state index in [9.17, 15) is 14.9 Å². The second-order valence-electron chi connectivity index (χ2n) is 3.81. The van der Waals surface area contributed by atoms with Crippen LogP contribution in [0.1, 0.15) is 25.3 Å². The normalized spacial score (nSPS) is 10.0. The number of ketones is 1. The third-order valence-electron chi connectivity index (χ3n) is 2.38. The van der Waals surface area contributed by atoms with Crippen LogP contribution in [0, 0.1) is 17.0 Å². The molecule has 0 aliphatic carbocycles. The minimum Gasteiger partial charge on any atom is -0.493 e. The third-order valence-corrected chi connectivity index (χ3v) is 2.38. The molecule has 0 radical (unpaired) electrons. The molecule has 92 valence electrons. The van der Waals surface area contributed by atoms with Crippen molar-refractivity contribution < 1.29 is 14.5 Å². The van der Waals surface area contributed by atoms with Gasteiger partial charge < -0.3 is 9.53 Å². The van der Waals surface area contributed by atoms with E-state index in [0.29, 0.717) is 30.8 Å². The van der Waals surface area contributed by atoms with Gasteiger partial charge in [0.15, 0.2) is 0 Å². The summed E-state index contributed by atoms with van der Waals surface area (Å²) in [6, 6.07) is 4.72. The lowest BCUT2D eigenvalue weighted by Gasteiger charge is -2.08. The Morgan fingerprint density at radius 1 is 1.47 bits per heavy atom. The number of hydrogen-bond acceptors (Lipinski definition) is 4. The van der Waals surface area contributed by atoms with Crippen LogP contribution in [0.5, 0.6) is 5.75 Å². The molecule has 0 amide bonds. The molecule has 0 saturated heterocycles. The first-order chi connectivity index (χ1) is 8.02. The summed E-state index contributed by atoms with van der Waals surface area (Å²) in [5.41, 5.74) is 0.564. The largest absolute Gasteiger partial charge is 0.493 e. The molecule has 0 aliphatic heterocycles. The number of Topliss-reactive ketones (excluding diaryl/α,β-unsaturated/α-hetero) is 1. The molecule has 0 saturated carbocycles. The van der Waals surface area contributed by atoms with E-state index in [1.165, 1.54) is 13.0 Å². The number of nitro benzene ring substituents is 1. The quantitative estimate of drug-likeness (QED) is 0.433. The maximum Gasteiger partial charge on any atom is 0.276 e. The van der Waals surface area contributed by atoms with E-state index < -0.39 is 4.92 Å². The number of ether oxygens (including phenoxy) is 1. The Morgan fingerprint density at radius 2 is 2.18 bits per heavy atom. The SMILES string of the molecule is CC(=O)CCCOc1cccc([N+](=O)[O-])c1C. The first-order valence-corrected chi connectivity index (χ1v) is 5.38. The standard InChI is InChI=1S/C12H15NO4/c1-9(14)5-4-8-17-12-7-3-6-11(10(12)2)13(15)16/h3,6-7H,4-5,8H2,1-2H3. The summed E-state index contributed by atoms with van der Waals surface area (Å²) in [7, 11) is 0. The molecular weight excluding hydrogens is 222 g/mol. The Labute approximate surface area is 99.5 Å². The van der Waals surface area contributed by atoms with Crippen molar-refractivity contribution in [2.75, 3.05) is 6.61 Å². The van der Waals surface area contributed by atoms with Crippen LogP contribution in [0.3, 0.4) is 0 Å². The molecule has 17 heavy (non-hydrogen) atoms. The second kappa shape index (κ2) is 5.98. The monoisotopic (exact) mass is 237 g/mol. The zero-order valence-corrected chi connectivity index (χ0v) is 9.93. The fraction of sp³-hybridized carbons (Fsp3) is 0.417. The van der Waals surface area contributed by atoms with Crippen LogP contribution in [0.25, 0.3) is 0 Å². The highest BCUT2D eigenvalue weighted by molar-refractivity contribution is 5.75. The Hall–Kier alpha value is -1.91. The van der Waals surface area contributed by atoms with Crippen LogP contribution in [0.15, 0.2) is 18.2 Å². The summed E-state index contributed by atoms with van der Waals surface area (Å²) in [4.78, 5) is 21.0. The molecule has 0 aromatic heterocycles. The fourth-order valence-corrected chi connectivity index (χ4v) is 1.46. The van der Waals surface area contributed by atoms with E-state index in [0.717, 1.165) is 0 Å². The topological polar surface area (TPSA) is 69.4 Å². The Bertz CT molecular complexity index is 429. The van der Waals surface area contributed by atoms with Crippen molar-refractivity contribution in [1.82, 2.24) is 0 Å². The summed E-state index contributed by atoms with van der Waals surface area (Å²) in [6.07, 6.45) is 1.09. The predicted octanol–water partition coefficient (Wildman–Crippen LogP) is 2.65. The van der Waals surface area contributed by atoms with Crippen LogP contribution >= 0.6 is 0 Å². The Morgan fingerprint density at radius 3 is 2.76 bits per heavy atom. The van der Waals surface area contributed by atoms with E-state index in [4.69, 9.17) is 4.74 Å². The molecule has 5 heteroatoms. The molecule has 0 aliphatic rings. The summed E-state index contributed by atoms with van der Waals surface area (Å²) in [5, 5.41) is 10.7. The molecule has 5 nitrogen and oxygen atoms in total. The number of nitrogens with zero attached hydrogens (tertiary/aromatic N) is 1. The van der Waals surface area contributed by atoms with Crippen molar-refractivity contribution in [3.8, 4) is 5.75 Å². The van der Waals surface area contributed by atoms with Gasteiger partial charge in [-0.3, -0.25) is 10.1 Å². The first kappa shape index (κ1) is 13.2. The maximum absolute atomic E-state index is 10.7. The zero-order valence-electron chi connectivity index (χ0n) is 9.93. The highest BCUT2D eigenvalue weighted by Crippen LogP contribution is 2.26. The van der Waals surface area contributed by atoms with E-state index in [2.05, 4.69) is 0 Å². The van der Waals surface area contributed by atoms with Crippen LogP contribution < -0.4 is 4.74 Å². The van der Waals surface area contributed by atoms with E-state index in [-0.39, 0.29) is 11.5 Å². The Balaban J connectivity index is 2.62. The zero-order chi connectivity index (χ0) is 12.8. The maximum atomic E-state index is 10.7. The lowest BCUT2D eigenvalue weighted by Crippen LogP contribution is -2.02. The van der Waals surface area contributed by atoms with Crippen LogP contribution in [-0.4, -0.2) is 17.3 Å². The van der Waals surface area contributed by atoms with Crippen LogP contribution in [0.4, 0.5) is 5.69 Å². The number of hydrogen-bond donors (Lipinski definition) is 0. The molecular formula is C12H15NO4. The van der Waals surface area contributed by atoms with Gasteiger partial charge in [0.2, 0.25) is 0 Å². The summed E-state index contributed by atoms with van der Waals surface area (Å²) < 4.78 is 5.42. The van der Waals surface area contributed by atoms with Gasteiger partial charge in [-0.25, -0.2) is 0 Å². The number of carbonyl (C=O) groups excluding carboxylic acids is 1. The van der Waals surface area contributed by atoms with Gasteiger partial charge in [-0.2, -0.15) is 0 Å². The van der Waals surface area contributed by atoms with Crippen molar-refractivity contribution in [2.24, 2.45) is 0 Å². The summed E-state index contributed by atoms with van der Waals surface area (Å²) in [5.74, 6) is 0.618. The van der Waals surface area contributed by atoms with Crippen LogP contribution in [-0.2, 0) is 4.79 Å². The van der Waals surface area contributed by atoms with E-state index in [1.54, 1.807) is 19.1 Å². The van der Waals surface area contributed by atoms with Gasteiger partial charge in [0, 0.05) is 12.5 Å². The smallest absolute Gasteiger partial charge is 0.276 e. The van der Waals surface area contributed by atoms with Gasteiger partial charge >= 0.3 is 0 Å². The molecule has 0 bridgehead atoms. The minimum absolute atomic E-state index is 0.0501. The lowest BCUT2D eigenvalue weighted by molar-refractivity contribution is -0.385. The number of benzene rings is 1. The van der Waals surface area contributed by atoms with Crippen molar-refractivity contribution in [2.45, 2.75) is 26.7 Å². The highest BCUT2D eigenvalue weighted by atomic mass is 16.6. The molecule has 1 rings (SSSR count). The van der Waals surface area contributed by atoms with Gasteiger partial charge in [0.25, 0.3) is 5.69 Å². The lowest BCUT2D eigenvalue weighted by atomic mass is 10.2. The Kier molecular flexibility index (Phi) is 4.63. The fourth-order valence-electron chi connectivity index (χ4n) is 1.46. The predicted molar refractivity (Wildman–Crippen MR) is 63.2 cm³/mol. The van der Waals surface area contributed by atoms with Crippen molar-refractivity contribution in [1.29, 1.82) is 0 Å². The second-order valence-corrected chi connectivity index (χ2v) is 3.81.